The molecule has 0 unspecified atom stereocenters. The van der Waals surface area contributed by atoms with E-state index in [1.54, 1.807) is 11.8 Å². The Morgan fingerprint density at radius 2 is 2.44 bits per heavy atom. The quantitative estimate of drug-likeness (QED) is 0.618. The molecule has 4 heteroatoms. The Morgan fingerprint density at radius 1 is 1.67 bits per heavy atom. The third-order valence-corrected chi connectivity index (χ3v) is 2.93. The first kappa shape index (κ1) is 7.02. The molecule has 0 radical (unpaired) electrons. The molecule has 0 fully saturated rings. The highest BCUT2D eigenvalue weighted by Gasteiger charge is 1.99. The van der Waals surface area contributed by atoms with Gasteiger partial charge in [0.05, 0.1) is 5.69 Å². The van der Waals surface area contributed by atoms with Crippen molar-refractivity contribution in [1.29, 1.82) is 0 Å². The lowest BCUT2D eigenvalue weighted by Crippen LogP contribution is -1.72. The van der Waals surface area contributed by atoms with Crippen LogP contribution in [-0.4, -0.2) is 15.3 Å². The zero-order valence-electron chi connectivity index (χ0n) is 5.42. The van der Waals surface area contributed by atoms with E-state index in [0.717, 1.165) is 11.4 Å². The van der Waals surface area contributed by atoms with Gasteiger partial charge in [0.1, 0.15) is 4.21 Å². The van der Waals surface area contributed by atoms with E-state index in [1.165, 1.54) is 15.7 Å². The van der Waals surface area contributed by atoms with Gasteiger partial charge in [-0.2, -0.15) is 0 Å². The summed E-state index contributed by atoms with van der Waals surface area (Å²) in [5.41, 5.74) is 1.06. The van der Waals surface area contributed by atoms with Crippen molar-refractivity contribution in [3.8, 4) is 0 Å². The van der Waals surface area contributed by atoms with Crippen LogP contribution in [0.15, 0.2) is 4.21 Å². The Morgan fingerprint density at radius 3 is 2.89 bits per heavy atom. The van der Waals surface area contributed by atoms with E-state index in [1.807, 2.05) is 6.92 Å². The summed E-state index contributed by atoms with van der Waals surface area (Å²) < 4.78 is 5.06. The van der Waals surface area contributed by atoms with Crippen LogP contribution >= 0.6 is 23.3 Å². The maximum absolute atomic E-state index is 3.88. The van der Waals surface area contributed by atoms with Gasteiger partial charge in [0.2, 0.25) is 0 Å². The number of rotatable bonds is 2. The van der Waals surface area contributed by atoms with Crippen LogP contribution in [0.2, 0.25) is 0 Å². The summed E-state index contributed by atoms with van der Waals surface area (Å²) in [6.07, 6.45) is 0. The molecule has 0 aliphatic heterocycles. The van der Waals surface area contributed by atoms with E-state index in [4.69, 9.17) is 0 Å². The molecule has 0 N–H and O–H groups in total. The van der Waals surface area contributed by atoms with Crippen LogP contribution in [-0.2, 0) is 0 Å². The van der Waals surface area contributed by atoms with E-state index in [2.05, 4.69) is 16.5 Å². The smallest absolute Gasteiger partial charge is 0.104 e. The molecule has 0 aromatic carbocycles. The van der Waals surface area contributed by atoms with E-state index in [9.17, 15) is 0 Å². The normalized spacial score (nSPS) is 10.0. The van der Waals surface area contributed by atoms with Gasteiger partial charge in [-0.1, -0.05) is 11.4 Å². The van der Waals surface area contributed by atoms with Crippen molar-refractivity contribution in [1.82, 2.24) is 9.59 Å². The largest absolute Gasteiger partial charge is 0.142 e. The van der Waals surface area contributed by atoms with Gasteiger partial charge in [-0.25, -0.2) is 0 Å². The summed E-state index contributed by atoms with van der Waals surface area (Å²) in [6.45, 7) is 4.12. The molecule has 0 spiro atoms. The Balaban J connectivity index is 2.69. The molecule has 9 heavy (non-hydrogen) atoms. The molecule has 0 bridgehead atoms. The second-order valence-electron chi connectivity index (χ2n) is 1.58. The van der Waals surface area contributed by atoms with Crippen molar-refractivity contribution in [2.75, 3.05) is 5.75 Å². The topological polar surface area (TPSA) is 25.8 Å². The molecule has 1 rings (SSSR count). The van der Waals surface area contributed by atoms with Crippen molar-refractivity contribution in [2.45, 2.75) is 18.1 Å². The predicted octanol–water partition coefficient (Wildman–Crippen LogP) is 1.96. The van der Waals surface area contributed by atoms with Crippen LogP contribution < -0.4 is 0 Å². The van der Waals surface area contributed by atoms with Crippen LogP contribution in [0.5, 0.6) is 0 Å². The highest BCUT2D eigenvalue weighted by Crippen LogP contribution is 2.23. The second kappa shape index (κ2) is 3.17. The van der Waals surface area contributed by atoms with Crippen molar-refractivity contribution in [2.24, 2.45) is 0 Å². The zero-order chi connectivity index (χ0) is 6.69. The van der Waals surface area contributed by atoms with Crippen molar-refractivity contribution >= 4 is 23.3 Å². The van der Waals surface area contributed by atoms with Gasteiger partial charge in [0.25, 0.3) is 0 Å². The first-order valence-electron chi connectivity index (χ1n) is 2.76. The molecule has 0 atom stereocenters. The standard InChI is InChI=1S/C5H8N2S2/c1-3-8-5-4(2)6-7-9-5/h3H2,1-2H3. The molecule has 0 aliphatic rings. The summed E-state index contributed by atoms with van der Waals surface area (Å²) in [7, 11) is 0. The lowest BCUT2D eigenvalue weighted by molar-refractivity contribution is 1.07. The molecular weight excluding hydrogens is 152 g/mol. The maximum Gasteiger partial charge on any atom is 0.104 e. The van der Waals surface area contributed by atoms with Gasteiger partial charge in [-0.05, 0) is 24.2 Å². The van der Waals surface area contributed by atoms with Gasteiger partial charge in [0, 0.05) is 0 Å². The second-order valence-corrected chi connectivity index (χ2v) is 3.87. The summed E-state index contributed by atoms with van der Waals surface area (Å²) >= 11 is 3.28. The highest BCUT2D eigenvalue weighted by molar-refractivity contribution is 8.01. The summed E-state index contributed by atoms with van der Waals surface area (Å²) in [4.78, 5) is 0. The summed E-state index contributed by atoms with van der Waals surface area (Å²) in [5, 5.41) is 3.88. The molecule has 1 aromatic rings. The first-order valence-corrected chi connectivity index (χ1v) is 4.52. The lowest BCUT2D eigenvalue weighted by Gasteiger charge is -1.88. The fourth-order valence-electron chi connectivity index (χ4n) is 0.487. The van der Waals surface area contributed by atoms with Crippen LogP contribution in [0.3, 0.4) is 0 Å². The number of nitrogens with zero attached hydrogens (tertiary/aromatic N) is 2. The lowest BCUT2D eigenvalue weighted by atomic mass is 10.6. The first-order chi connectivity index (χ1) is 4.34. The minimum atomic E-state index is 1.06. The van der Waals surface area contributed by atoms with E-state index in [-0.39, 0.29) is 0 Å². The maximum atomic E-state index is 3.88. The molecule has 0 amide bonds. The Bertz CT molecular complexity index is 185. The third kappa shape index (κ3) is 1.66. The van der Waals surface area contributed by atoms with Crippen LogP contribution in [0.25, 0.3) is 0 Å². The van der Waals surface area contributed by atoms with Gasteiger partial charge in [0.15, 0.2) is 0 Å². The number of thioether (sulfide) groups is 1. The Labute approximate surface area is 62.8 Å². The molecular formula is C5H8N2S2. The summed E-state index contributed by atoms with van der Waals surface area (Å²) in [5.74, 6) is 1.10. The van der Waals surface area contributed by atoms with E-state index in [0.29, 0.717) is 0 Å². The van der Waals surface area contributed by atoms with Gasteiger partial charge in [-0.3, -0.25) is 0 Å². The zero-order valence-corrected chi connectivity index (χ0v) is 7.05. The Hall–Kier alpha value is -0.0900. The average Bonchev–Trinajstić information content (AvgIpc) is 2.18. The minimum Gasteiger partial charge on any atom is -0.142 e. The molecule has 2 nitrogen and oxygen atoms in total. The monoisotopic (exact) mass is 160 g/mol. The SMILES string of the molecule is CCSc1snnc1C. The fraction of sp³-hybridized carbons (Fsp3) is 0.600. The van der Waals surface area contributed by atoms with Gasteiger partial charge >= 0.3 is 0 Å². The van der Waals surface area contributed by atoms with Crippen molar-refractivity contribution < 1.29 is 0 Å². The molecule has 50 valence electrons. The fourth-order valence-corrected chi connectivity index (χ4v) is 2.07. The predicted molar refractivity (Wildman–Crippen MR) is 41.0 cm³/mol. The van der Waals surface area contributed by atoms with Crippen LogP contribution in [0.1, 0.15) is 12.6 Å². The highest BCUT2D eigenvalue weighted by atomic mass is 32.2. The third-order valence-electron chi connectivity index (χ3n) is 0.885. The molecule has 0 aliphatic carbocycles. The van der Waals surface area contributed by atoms with Gasteiger partial charge < -0.3 is 0 Å². The number of aryl methyl sites for hydroxylation is 1. The van der Waals surface area contributed by atoms with Crippen molar-refractivity contribution in [3.05, 3.63) is 5.69 Å². The minimum absolute atomic E-state index is 1.06. The van der Waals surface area contributed by atoms with E-state index >= 15 is 0 Å². The Kier molecular flexibility index (Phi) is 2.48. The van der Waals surface area contributed by atoms with Crippen LogP contribution in [0.4, 0.5) is 0 Å². The average molecular weight is 160 g/mol. The molecule has 0 saturated heterocycles. The van der Waals surface area contributed by atoms with Crippen molar-refractivity contribution in [3.63, 3.8) is 0 Å². The summed E-state index contributed by atoms with van der Waals surface area (Å²) in [6, 6.07) is 0. The molecule has 0 saturated carbocycles. The number of hydrogen-bond donors (Lipinski definition) is 0. The number of hydrogen-bond acceptors (Lipinski definition) is 4. The number of aromatic nitrogens is 2. The molecule has 1 aromatic heterocycles. The van der Waals surface area contributed by atoms with Gasteiger partial charge in [-0.15, -0.1) is 16.9 Å². The van der Waals surface area contributed by atoms with E-state index < -0.39 is 0 Å². The van der Waals surface area contributed by atoms with Crippen LogP contribution in [0, 0.1) is 6.92 Å². The molecule has 1 heterocycles.